The molecular formula is C12H9IN4O2S. The maximum Gasteiger partial charge on any atom is 0.323 e. The predicted octanol–water partition coefficient (Wildman–Crippen LogP) is 2.52. The molecule has 0 unspecified atom stereocenters. The van der Waals surface area contributed by atoms with Crippen molar-refractivity contribution in [2.45, 2.75) is 10.1 Å². The zero-order chi connectivity index (χ0) is 14.5. The Kier molecular flexibility index (Phi) is 4.97. The minimum absolute atomic E-state index is 0.170. The molecule has 1 aromatic heterocycles. The van der Waals surface area contributed by atoms with Crippen LogP contribution in [0.1, 0.15) is 5.56 Å². The number of ether oxygens (including phenoxy) is 2. The molecule has 0 amide bonds. The fraction of sp³-hybridized carbons (Fsp3) is 0.167. The highest BCUT2D eigenvalue weighted by atomic mass is 127. The molecule has 0 saturated carbocycles. The van der Waals surface area contributed by atoms with Crippen molar-refractivity contribution in [1.29, 1.82) is 5.26 Å². The smallest absolute Gasteiger partial charge is 0.323 e. The summed E-state index contributed by atoms with van der Waals surface area (Å²) in [4.78, 5) is 13.0. The Morgan fingerprint density at radius 3 is 2.35 bits per heavy atom. The van der Waals surface area contributed by atoms with E-state index < -0.39 is 0 Å². The minimum atomic E-state index is 0.170. The van der Waals surface area contributed by atoms with Gasteiger partial charge in [0.15, 0.2) is 0 Å². The summed E-state index contributed by atoms with van der Waals surface area (Å²) in [6.07, 6.45) is 0. The lowest BCUT2D eigenvalue weighted by molar-refractivity contribution is 0.332. The summed E-state index contributed by atoms with van der Waals surface area (Å²) >= 11 is 3.38. The van der Waals surface area contributed by atoms with Crippen LogP contribution in [-0.4, -0.2) is 29.2 Å². The van der Waals surface area contributed by atoms with Crippen molar-refractivity contribution < 1.29 is 9.47 Å². The molecule has 0 saturated heterocycles. The van der Waals surface area contributed by atoms with Gasteiger partial charge in [0.1, 0.15) is 6.07 Å². The molecule has 0 aliphatic rings. The molecule has 2 aromatic rings. The molecule has 0 radical (unpaired) electrons. The third kappa shape index (κ3) is 3.29. The lowest BCUT2D eigenvalue weighted by Crippen LogP contribution is -2.00. The first-order valence-corrected chi connectivity index (χ1v) is 7.28. The van der Waals surface area contributed by atoms with Crippen LogP contribution in [0.2, 0.25) is 0 Å². The minimum Gasteiger partial charge on any atom is -0.467 e. The van der Waals surface area contributed by atoms with Crippen LogP contribution in [0.4, 0.5) is 0 Å². The molecule has 102 valence electrons. The second-order valence-electron chi connectivity index (χ2n) is 3.42. The first-order valence-electron chi connectivity index (χ1n) is 5.38. The first-order chi connectivity index (χ1) is 9.67. The van der Waals surface area contributed by atoms with Gasteiger partial charge < -0.3 is 9.47 Å². The Morgan fingerprint density at radius 2 is 1.80 bits per heavy atom. The van der Waals surface area contributed by atoms with E-state index in [1.807, 2.05) is 18.2 Å². The van der Waals surface area contributed by atoms with Gasteiger partial charge in [0.2, 0.25) is 5.16 Å². The lowest BCUT2D eigenvalue weighted by atomic mass is 10.2. The van der Waals surface area contributed by atoms with Crippen molar-refractivity contribution in [3.05, 3.63) is 27.3 Å². The molecule has 0 aliphatic carbocycles. The average Bonchev–Trinajstić information content (AvgIpc) is 2.47. The molecule has 1 heterocycles. The summed E-state index contributed by atoms with van der Waals surface area (Å²) in [6.45, 7) is 0. The monoisotopic (exact) mass is 400 g/mol. The summed E-state index contributed by atoms with van der Waals surface area (Å²) < 4.78 is 10.9. The number of nitrogens with zero attached hydrogens (tertiary/aromatic N) is 4. The molecule has 0 bridgehead atoms. The zero-order valence-electron chi connectivity index (χ0n) is 10.6. The van der Waals surface area contributed by atoms with E-state index >= 15 is 0 Å². The quantitative estimate of drug-likeness (QED) is 0.730. The van der Waals surface area contributed by atoms with E-state index in [4.69, 9.17) is 9.47 Å². The molecule has 0 N–H and O–H groups in total. The van der Waals surface area contributed by atoms with Crippen molar-refractivity contribution in [2.24, 2.45) is 0 Å². The summed E-state index contributed by atoms with van der Waals surface area (Å²) in [5, 5.41) is 9.62. The van der Waals surface area contributed by atoms with Gasteiger partial charge in [-0.1, -0.05) is 6.07 Å². The summed E-state index contributed by atoms with van der Waals surface area (Å²) in [7, 11) is 2.94. The normalized spacial score (nSPS) is 9.90. The largest absolute Gasteiger partial charge is 0.467 e. The van der Waals surface area contributed by atoms with Gasteiger partial charge in [-0.15, -0.1) is 4.98 Å². The van der Waals surface area contributed by atoms with Crippen LogP contribution >= 0.6 is 34.4 Å². The van der Waals surface area contributed by atoms with Gasteiger partial charge in [0.25, 0.3) is 0 Å². The van der Waals surface area contributed by atoms with Crippen LogP contribution in [0, 0.1) is 14.9 Å². The molecule has 0 aliphatic heterocycles. The van der Waals surface area contributed by atoms with E-state index in [9.17, 15) is 5.26 Å². The molecule has 20 heavy (non-hydrogen) atoms. The van der Waals surface area contributed by atoms with E-state index in [0.29, 0.717) is 10.7 Å². The number of hydrogen-bond donors (Lipinski definition) is 0. The van der Waals surface area contributed by atoms with Gasteiger partial charge in [-0.3, -0.25) is 0 Å². The van der Waals surface area contributed by atoms with E-state index in [2.05, 4.69) is 43.6 Å². The second-order valence-corrected chi connectivity index (χ2v) is 5.59. The van der Waals surface area contributed by atoms with E-state index in [1.54, 1.807) is 0 Å². The third-order valence-corrected chi connectivity index (χ3v) is 4.05. The van der Waals surface area contributed by atoms with Crippen molar-refractivity contribution in [1.82, 2.24) is 15.0 Å². The maximum absolute atomic E-state index is 9.21. The van der Waals surface area contributed by atoms with Gasteiger partial charge in [-0.05, 0) is 46.5 Å². The highest BCUT2D eigenvalue weighted by Gasteiger charge is 2.12. The fourth-order valence-corrected chi connectivity index (χ4v) is 3.00. The van der Waals surface area contributed by atoms with Gasteiger partial charge in [0.05, 0.1) is 19.8 Å². The molecule has 1 aromatic carbocycles. The second kappa shape index (κ2) is 6.71. The topological polar surface area (TPSA) is 80.9 Å². The van der Waals surface area contributed by atoms with Crippen LogP contribution in [0.5, 0.6) is 12.0 Å². The van der Waals surface area contributed by atoms with Crippen molar-refractivity contribution >= 4 is 34.4 Å². The lowest BCUT2D eigenvalue weighted by Gasteiger charge is -2.06. The molecule has 0 fully saturated rings. The fourth-order valence-electron chi connectivity index (χ4n) is 1.34. The number of rotatable bonds is 4. The molecule has 0 spiro atoms. The summed E-state index contributed by atoms with van der Waals surface area (Å²) in [5.41, 5.74) is 0.594. The predicted molar refractivity (Wildman–Crippen MR) is 80.9 cm³/mol. The summed E-state index contributed by atoms with van der Waals surface area (Å²) in [6, 6.07) is 8.11. The first kappa shape index (κ1) is 14.8. The number of aromatic nitrogens is 3. The molecule has 6 nitrogen and oxygen atoms in total. The molecular weight excluding hydrogens is 391 g/mol. The maximum atomic E-state index is 9.21. The summed E-state index contributed by atoms with van der Waals surface area (Å²) in [5.74, 6) is 0. The van der Waals surface area contributed by atoms with Gasteiger partial charge in [-0.25, -0.2) is 0 Å². The van der Waals surface area contributed by atoms with Crippen LogP contribution in [0.25, 0.3) is 0 Å². The Hall–Kier alpha value is -1.60. The van der Waals surface area contributed by atoms with Crippen LogP contribution in [0.15, 0.2) is 28.3 Å². The Balaban J connectivity index is 2.40. The Labute approximate surface area is 133 Å². The third-order valence-electron chi connectivity index (χ3n) is 2.23. The highest BCUT2D eigenvalue weighted by molar-refractivity contribution is 14.1. The number of hydrogen-bond acceptors (Lipinski definition) is 7. The van der Waals surface area contributed by atoms with Crippen molar-refractivity contribution in [2.75, 3.05) is 14.2 Å². The molecule has 2 rings (SSSR count). The van der Waals surface area contributed by atoms with E-state index in [0.717, 1.165) is 8.47 Å². The SMILES string of the molecule is COc1nc(OC)nc(Sc2cccc(I)c2C#N)n1. The highest BCUT2D eigenvalue weighted by Crippen LogP contribution is 2.31. The standard InChI is InChI=1S/C12H9IN4O2S/c1-18-10-15-11(19-2)17-12(16-10)20-9-5-3-4-8(13)7(9)6-14/h3-5H,1-2H3. The Morgan fingerprint density at radius 1 is 1.15 bits per heavy atom. The van der Waals surface area contributed by atoms with E-state index in [-0.39, 0.29) is 12.0 Å². The molecule has 8 heteroatoms. The van der Waals surface area contributed by atoms with Gasteiger partial charge in [-0.2, -0.15) is 15.2 Å². The Bertz CT molecular complexity index is 653. The number of halogens is 1. The number of benzene rings is 1. The van der Waals surface area contributed by atoms with Gasteiger partial charge >= 0.3 is 12.0 Å². The van der Waals surface area contributed by atoms with Crippen LogP contribution in [-0.2, 0) is 0 Å². The zero-order valence-corrected chi connectivity index (χ0v) is 13.6. The van der Waals surface area contributed by atoms with Crippen molar-refractivity contribution in [3.8, 4) is 18.1 Å². The average molecular weight is 400 g/mol. The van der Waals surface area contributed by atoms with Crippen LogP contribution in [0.3, 0.4) is 0 Å². The molecule has 0 atom stereocenters. The van der Waals surface area contributed by atoms with Gasteiger partial charge in [0, 0.05) is 8.47 Å². The number of nitriles is 1. The van der Waals surface area contributed by atoms with Crippen molar-refractivity contribution in [3.63, 3.8) is 0 Å². The number of methoxy groups -OCH3 is 2. The van der Waals surface area contributed by atoms with E-state index in [1.165, 1.54) is 26.0 Å². The van der Waals surface area contributed by atoms with Crippen LogP contribution < -0.4 is 9.47 Å².